The van der Waals surface area contributed by atoms with Crippen LogP contribution in [0.25, 0.3) is 11.0 Å². The molecule has 0 radical (unpaired) electrons. The van der Waals surface area contributed by atoms with Crippen molar-refractivity contribution in [2.75, 3.05) is 18.5 Å². The average Bonchev–Trinajstić information content (AvgIpc) is 3.07. The van der Waals surface area contributed by atoms with Crippen LogP contribution < -0.4 is 10.1 Å². The summed E-state index contributed by atoms with van der Waals surface area (Å²) in [6.07, 6.45) is 4.69. The number of hydrogen-bond donors (Lipinski definition) is 1. The molecule has 0 fully saturated rings. The highest BCUT2D eigenvalue weighted by Gasteiger charge is 2.21. The Kier molecular flexibility index (Phi) is 6.53. The maximum Gasteiger partial charge on any atom is 0.230 e. The van der Waals surface area contributed by atoms with E-state index in [9.17, 15) is 4.79 Å². The summed E-state index contributed by atoms with van der Waals surface area (Å²) in [4.78, 5) is 13.1. The predicted octanol–water partition coefficient (Wildman–Crippen LogP) is 6.05. The molecule has 0 bridgehead atoms. The van der Waals surface area contributed by atoms with Crippen molar-refractivity contribution in [1.82, 2.24) is 0 Å². The summed E-state index contributed by atoms with van der Waals surface area (Å²) < 4.78 is 11.4. The van der Waals surface area contributed by atoms with Crippen molar-refractivity contribution < 1.29 is 13.9 Å². The second-order valence-electron chi connectivity index (χ2n) is 6.58. The first kappa shape index (κ1) is 19.0. The Hall–Kier alpha value is -2.75. The van der Waals surface area contributed by atoms with Gasteiger partial charge in [0.25, 0.3) is 0 Å². The molecule has 0 amide bonds. The van der Waals surface area contributed by atoms with Crippen molar-refractivity contribution in [3.63, 3.8) is 0 Å². The van der Waals surface area contributed by atoms with Crippen molar-refractivity contribution in [2.24, 2.45) is 0 Å². The van der Waals surface area contributed by atoms with Gasteiger partial charge in [-0.25, -0.2) is 0 Å². The molecule has 0 unspecified atom stereocenters. The molecule has 0 saturated heterocycles. The first-order chi connectivity index (χ1) is 13.2. The molecule has 0 aliphatic carbocycles. The van der Waals surface area contributed by atoms with Gasteiger partial charge in [0.1, 0.15) is 11.3 Å². The van der Waals surface area contributed by atoms with Crippen LogP contribution in [0, 0.1) is 0 Å². The van der Waals surface area contributed by atoms with Crippen molar-refractivity contribution in [1.29, 1.82) is 0 Å². The van der Waals surface area contributed by atoms with Gasteiger partial charge in [-0.05, 0) is 49.7 Å². The number of unbranched alkanes of at least 4 members (excludes halogenated alkanes) is 3. The molecule has 0 aliphatic rings. The van der Waals surface area contributed by atoms with Gasteiger partial charge < -0.3 is 14.5 Å². The van der Waals surface area contributed by atoms with Crippen LogP contribution in [0.2, 0.25) is 0 Å². The molecule has 1 aromatic heterocycles. The number of hydrogen-bond acceptors (Lipinski definition) is 4. The molecule has 0 saturated carbocycles. The Morgan fingerprint density at radius 2 is 1.78 bits per heavy atom. The Bertz CT molecular complexity index is 880. The van der Waals surface area contributed by atoms with E-state index in [1.807, 2.05) is 43.3 Å². The Balaban J connectivity index is 1.85. The number of ether oxygens (including phenoxy) is 1. The highest BCUT2D eigenvalue weighted by atomic mass is 16.5. The molecule has 4 nitrogen and oxygen atoms in total. The molecule has 4 heteroatoms. The van der Waals surface area contributed by atoms with E-state index in [1.165, 1.54) is 19.3 Å². The summed E-state index contributed by atoms with van der Waals surface area (Å²) in [5, 5.41) is 4.38. The smallest absolute Gasteiger partial charge is 0.230 e. The zero-order chi connectivity index (χ0) is 19.1. The minimum atomic E-state index is -0.120. The third-order valence-corrected chi connectivity index (χ3v) is 4.56. The van der Waals surface area contributed by atoms with Gasteiger partial charge in [-0.2, -0.15) is 0 Å². The molecular formula is C23H27NO3. The number of carbonyl (C=O) groups excluding carboxylic acids is 1. The molecule has 0 atom stereocenters. The number of furan rings is 1. The Morgan fingerprint density at radius 3 is 2.52 bits per heavy atom. The monoisotopic (exact) mass is 365 g/mol. The number of carbonyl (C=O) groups is 1. The summed E-state index contributed by atoms with van der Waals surface area (Å²) in [6, 6.07) is 15.0. The average molecular weight is 365 g/mol. The first-order valence-corrected chi connectivity index (χ1v) is 9.77. The van der Waals surface area contributed by atoms with Gasteiger partial charge in [0.2, 0.25) is 5.78 Å². The molecule has 0 spiro atoms. The van der Waals surface area contributed by atoms with Crippen LogP contribution in [0.1, 0.15) is 55.6 Å². The van der Waals surface area contributed by atoms with Crippen LogP contribution in [-0.2, 0) is 0 Å². The molecule has 2 aromatic carbocycles. The fourth-order valence-corrected chi connectivity index (χ4v) is 3.15. The summed E-state index contributed by atoms with van der Waals surface area (Å²) in [6.45, 7) is 5.56. The second-order valence-corrected chi connectivity index (χ2v) is 6.58. The molecule has 1 N–H and O–H groups in total. The normalized spacial score (nSPS) is 10.9. The van der Waals surface area contributed by atoms with Crippen LogP contribution in [0.5, 0.6) is 5.75 Å². The van der Waals surface area contributed by atoms with Crippen LogP contribution in [-0.4, -0.2) is 18.9 Å². The Morgan fingerprint density at radius 1 is 1.00 bits per heavy atom. The van der Waals surface area contributed by atoms with Gasteiger partial charge in [0.15, 0.2) is 5.76 Å². The highest BCUT2D eigenvalue weighted by Crippen LogP contribution is 2.32. The van der Waals surface area contributed by atoms with Crippen LogP contribution in [0.15, 0.2) is 52.9 Å². The van der Waals surface area contributed by atoms with Crippen LogP contribution in [0.4, 0.5) is 5.69 Å². The lowest BCUT2D eigenvalue weighted by molar-refractivity contribution is 0.101. The zero-order valence-corrected chi connectivity index (χ0v) is 16.1. The van der Waals surface area contributed by atoms with Crippen molar-refractivity contribution in [2.45, 2.75) is 39.5 Å². The fourth-order valence-electron chi connectivity index (χ4n) is 3.15. The first-order valence-electron chi connectivity index (χ1n) is 9.77. The number of anilines is 1. The van der Waals surface area contributed by atoms with E-state index in [4.69, 9.17) is 9.15 Å². The topological polar surface area (TPSA) is 51.5 Å². The van der Waals surface area contributed by atoms with Gasteiger partial charge in [0.05, 0.1) is 12.3 Å². The van der Waals surface area contributed by atoms with E-state index in [1.54, 1.807) is 12.1 Å². The molecular weight excluding hydrogens is 338 g/mol. The van der Waals surface area contributed by atoms with Gasteiger partial charge in [-0.15, -0.1) is 0 Å². The highest BCUT2D eigenvalue weighted by molar-refractivity contribution is 6.14. The number of benzene rings is 2. The van der Waals surface area contributed by atoms with Gasteiger partial charge in [-0.3, -0.25) is 4.79 Å². The minimum absolute atomic E-state index is 0.120. The van der Waals surface area contributed by atoms with E-state index in [0.717, 1.165) is 35.4 Å². The lowest BCUT2D eigenvalue weighted by Gasteiger charge is -2.07. The van der Waals surface area contributed by atoms with E-state index in [0.29, 0.717) is 17.9 Å². The summed E-state index contributed by atoms with van der Waals surface area (Å²) >= 11 is 0. The summed E-state index contributed by atoms with van der Waals surface area (Å²) in [7, 11) is 0. The maximum absolute atomic E-state index is 13.1. The van der Waals surface area contributed by atoms with E-state index in [-0.39, 0.29) is 5.78 Å². The van der Waals surface area contributed by atoms with Crippen molar-refractivity contribution in [3.8, 4) is 5.75 Å². The van der Waals surface area contributed by atoms with E-state index >= 15 is 0 Å². The predicted molar refractivity (Wildman–Crippen MR) is 110 cm³/mol. The lowest BCUT2D eigenvalue weighted by Crippen LogP contribution is -2.07. The minimum Gasteiger partial charge on any atom is -0.494 e. The number of ketones is 1. The number of rotatable bonds is 10. The largest absolute Gasteiger partial charge is 0.494 e. The van der Waals surface area contributed by atoms with Crippen LogP contribution in [0.3, 0.4) is 0 Å². The number of nitrogens with one attached hydrogen (secondary N) is 1. The standard InChI is InChI=1S/C23H27NO3/c1-3-5-6-9-16-24-21-19-10-7-8-11-20(19)27-23(21)22(25)17-12-14-18(15-13-17)26-4-2/h7-8,10-15,24H,3-6,9,16H2,1-2H3. The quantitative estimate of drug-likeness (QED) is 0.351. The lowest BCUT2D eigenvalue weighted by atomic mass is 10.1. The SMILES string of the molecule is CCCCCCNc1c(C(=O)c2ccc(OCC)cc2)oc2ccccc12. The van der Waals surface area contributed by atoms with Gasteiger partial charge in [-0.1, -0.05) is 38.3 Å². The van der Waals surface area contributed by atoms with E-state index in [2.05, 4.69) is 12.2 Å². The summed E-state index contributed by atoms with van der Waals surface area (Å²) in [5.41, 5.74) is 2.11. The molecule has 142 valence electrons. The number of fused-ring (bicyclic) bond motifs is 1. The van der Waals surface area contributed by atoms with Crippen molar-refractivity contribution >= 4 is 22.4 Å². The zero-order valence-electron chi connectivity index (χ0n) is 16.1. The number of para-hydroxylation sites is 1. The maximum atomic E-state index is 13.1. The van der Waals surface area contributed by atoms with Crippen LogP contribution >= 0.6 is 0 Å². The van der Waals surface area contributed by atoms with Crippen molar-refractivity contribution in [3.05, 3.63) is 59.9 Å². The van der Waals surface area contributed by atoms with Gasteiger partial charge in [0, 0.05) is 17.5 Å². The third-order valence-electron chi connectivity index (χ3n) is 4.56. The summed E-state index contributed by atoms with van der Waals surface area (Å²) in [5.74, 6) is 1.01. The molecule has 3 rings (SSSR count). The Labute approximate surface area is 160 Å². The molecule has 0 aliphatic heterocycles. The third kappa shape index (κ3) is 4.51. The van der Waals surface area contributed by atoms with E-state index < -0.39 is 0 Å². The molecule has 1 heterocycles. The molecule has 3 aromatic rings. The second kappa shape index (κ2) is 9.26. The van der Waals surface area contributed by atoms with Gasteiger partial charge >= 0.3 is 0 Å². The fraction of sp³-hybridized carbons (Fsp3) is 0.348. The molecule has 27 heavy (non-hydrogen) atoms.